The van der Waals surface area contributed by atoms with Crippen molar-refractivity contribution in [2.75, 3.05) is 20.2 Å². The molecule has 1 aliphatic heterocycles. The Balaban J connectivity index is 1.49. The predicted octanol–water partition coefficient (Wildman–Crippen LogP) is 4.69. The van der Waals surface area contributed by atoms with E-state index in [0.29, 0.717) is 25.3 Å². The van der Waals surface area contributed by atoms with E-state index >= 15 is 0 Å². The van der Waals surface area contributed by atoms with E-state index < -0.39 is 0 Å². The number of hydrogen-bond acceptors (Lipinski definition) is 6. The van der Waals surface area contributed by atoms with Crippen molar-refractivity contribution in [2.24, 2.45) is 0 Å². The van der Waals surface area contributed by atoms with Crippen molar-refractivity contribution in [3.05, 3.63) is 59.3 Å². The smallest absolute Gasteiger partial charge is 0.226 e. The van der Waals surface area contributed by atoms with Crippen molar-refractivity contribution in [1.29, 1.82) is 0 Å². The fourth-order valence-corrected chi connectivity index (χ4v) is 4.18. The van der Waals surface area contributed by atoms with E-state index in [1.54, 1.807) is 7.11 Å². The predicted molar refractivity (Wildman–Crippen MR) is 126 cm³/mol. The maximum Gasteiger partial charge on any atom is 0.226 e. The molecule has 0 unspecified atom stereocenters. The van der Waals surface area contributed by atoms with Gasteiger partial charge in [-0.3, -0.25) is 4.79 Å². The Morgan fingerprint density at radius 2 is 1.88 bits per heavy atom. The standard InChI is InChI=1S/C26H32N4O3/c1-17-14-22(33-29-17)21-16-27-25(26(2,3)4)28-24(21)19-10-12-30(13-11-19)23(31)15-18-6-8-20(32-5)9-7-18/h6-9,14,16,19H,10-13,15H2,1-5H3. The molecule has 0 bridgehead atoms. The first-order valence-electron chi connectivity index (χ1n) is 11.5. The molecule has 0 atom stereocenters. The topological polar surface area (TPSA) is 81.4 Å². The largest absolute Gasteiger partial charge is 0.497 e. The van der Waals surface area contributed by atoms with E-state index in [0.717, 1.165) is 46.9 Å². The molecule has 1 fully saturated rings. The van der Waals surface area contributed by atoms with Gasteiger partial charge in [-0.25, -0.2) is 9.97 Å². The number of likely N-dealkylation sites (tertiary alicyclic amines) is 1. The number of hydrogen-bond donors (Lipinski definition) is 0. The summed E-state index contributed by atoms with van der Waals surface area (Å²) in [5.41, 5.74) is 3.56. The average Bonchev–Trinajstić information content (AvgIpc) is 3.24. The van der Waals surface area contributed by atoms with E-state index in [4.69, 9.17) is 14.2 Å². The summed E-state index contributed by atoms with van der Waals surface area (Å²) in [5, 5.41) is 4.05. The summed E-state index contributed by atoms with van der Waals surface area (Å²) < 4.78 is 10.7. The Hall–Kier alpha value is -3.22. The van der Waals surface area contributed by atoms with Gasteiger partial charge in [0.25, 0.3) is 0 Å². The molecular formula is C26H32N4O3. The summed E-state index contributed by atoms with van der Waals surface area (Å²) in [6.07, 6.45) is 3.98. The van der Waals surface area contributed by atoms with Gasteiger partial charge in [-0.1, -0.05) is 38.1 Å². The van der Waals surface area contributed by atoms with Crippen LogP contribution in [-0.4, -0.2) is 46.1 Å². The Labute approximate surface area is 195 Å². The number of ether oxygens (including phenoxy) is 1. The number of rotatable bonds is 5. The average molecular weight is 449 g/mol. The van der Waals surface area contributed by atoms with Gasteiger partial charge in [-0.05, 0) is 37.5 Å². The number of nitrogens with zero attached hydrogens (tertiary/aromatic N) is 4. The van der Waals surface area contributed by atoms with Crippen LogP contribution in [0, 0.1) is 6.92 Å². The molecule has 1 amide bonds. The lowest BCUT2D eigenvalue weighted by atomic mass is 9.88. The molecular weight excluding hydrogens is 416 g/mol. The highest BCUT2D eigenvalue weighted by atomic mass is 16.5. The first-order valence-corrected chi connectivity index (χ1v) is 11.5. The first kappa shape index (κ1) is 23.0. The Bertz CT molecular complexity index is 1110. The van der Waals surface area contributed by atoms with Crippen molar-refractivity contribution in [3.8, 4) is 17.1 Å². The summed E-state index contributed by atoms with van der Waals surface area (Å²) in [4.78, 5) is 24.5. The zero-order valence-electron chi connectivity index (χ0n) is 20.1. The van der Waals surface area contributed by atoms with Gasteiger partial charge in [-0.2, -0.15) is 0 Å². The van der Waals surface area contributed by atoms with Crippen LogP contribution in [0.1, 0.15) is 62.3 Å². The minimum atomic E-state index is -0.153. The summed E-state index contributed by atoms with van der Waals surface area (Å²) >= 11 is 0. The molecule has 1 saturated heterocycles. The fourth-order valence-electron chi connectivity index (χ4n) is 4.18. The zero-order valence-corrected chi connectivity index (χ0v) is 20.1. The molecule has 0 saturated carbocycles. The van der Waals surface area contributed by atoms with E-state index in [-0.39, 0.29) is 17.2 Å². The molecule has 7 nitrogen and oxygen atoms in total. The Morgan fingerprint density at radius 1 is 1.18 bits per heavy atom. The van der Waals surface area contributed by atoms with Crippen LogP contribution in [0.4, 0.5) is 0 Å². The molecule has 1 aliphatic rings. The van der Waals surface area contributed by atoms with Crippen LogP contribution < -0.4 is 4.74 Å². The second-order valence-electron chi connectivity index (χ2n) is 9.75. The minimum Gasteiger partial charge on any atom is -0.497 e. The van der Waals surface area contributed by atoms with Crippen molar-refractivity contribution in [3.63, 3.8) is 0 Å². The van der Waals surface area contributed by atoms with E-state index in [2.05, 4.69) is 30.9 Å². The summed E-state index contributed by atoms with van der Waals surface area (Å²) in [6, 6.07) is 9.60. The molecule has 0 N–H and O–H groups in total. The number of benzene rings is 1. The molecule has 0 spiro atoms. The van der Waals surface area contributed by atoms with Gasteiger partial charge in [0.05, 0.1) is 30.5 Å². The lowest BCUT2D eigenvalue weighted by molar-refractivity contribution is -0.131. The van der Waals surface area contributed by atoms with Gasteiger partial charge in [0, 0.05) is 36.7 Å². The van der Waals surface area contributed by atoms with E-state index in [9.17, 15) is 4.79 Å². The molecule has 0 aliphatic carbocycles. The van der Waals surface area contributed by atoms with Crippen LogP contribution in [0.5, 0.6) is 5.75 Å². The molecule has 174 valence electrons. The molecule has 3 aromatic rings. The minimum absolute atomic E-state index is 0.153. The molecule has 0 radical (unpaired) electrons. The highest BCUT2D eigenvalue weighted by molar-refractivity contribution is 5.79. The van der Waals surface area contributed by atoms with Gasteiger partial charge in [-0.15, -0.1) is 0 Å². The molecule has 7 heteroatoms. The molecule has 1 aromatic carbocycles. The lowest BCUT2D eigenvalue weighted by Crippen LogP contribution is -2.39. The van der Waals surface area contributed by atoms with Crippen molar-refractivity contribution >= 4 is 5.91 Å². The highest BCUT2D eigenvalue weighted by Crippen LogP contribution is 2.35. The maximum atomic E-state index is 12.9. The fraction of sp³-hybridized carbons (Fsp3) is 0.462. The third-order valence-corrected chi connectivity index (χ3v) is 6.13. The summed E-state index contributed by atoms with van der Waals surface area (Å²) in [7, 11) is 1.64. The number of carbonyl (C=O) groups is 1. The summed E-state index contributed by atoms with van der Waals surface area (Å²) in [5.74, 6) is 2.70. The van der Waals surface area contributed by atoms with Gasteiger partial charge in [0.15, 0.2) is 5.76 Å². The Morgan fingerprint density at radius 3 is 2.45 bits per heavy atom. The number of piperidine rings is 1. The quantitative estimate of drug-likeness (QED) is 0.563. The maximum absolute atomic E-state index is 12.9. The van der Waals surface area contributed by atoms with Gasteiger partial charge in [0.1, 0.15) is 11.6 Å². The summed E-state index contributed by atoms with van der Waals surface area (Å²) in [6.45, 7) is 9.68. The molecule has 3 heterocycles. The highest BCUT2D eigenvalue weighted by Gasteiger charge is 2.29. The monoisotopic (exact) mass is 448 g/mol. The van der Waals surface area contributed by atoms with E-state index in [1.807, 2.05) is 48.4 Å². The molecule has 33 heavy (non-hydrogen) atoms. The van der Waals surface area contributed by atoms with Crippen molar-refractivity contribution < 1.29 is 14.1 Å². The van der Waals surface area contributed by atoms with Crippen LogP contribution >= 0.6 is 0 Å². The lowest BCUT2D eigenvalue weighted by Gasteiger charge is -2.33. The number of carbonyl (C=O) groups excluding carboxylic acids is 1. The second-order valence-corrected chi connectivity index (χ2v) is 9.75. The second kappa shape index (κ2) is 9.33. The van der Waals surface area contributed by atoms with Crippen LogP contribution in [0.25, 0.3) is 11.3 Å². The Kier molecular flexibility index (Phi) is 6.49. The SMILES string of the molecule is COc1ccc(CC(=O)N2CCC(c3nc(C(C)(C)C)ncc3-c3cc(C)no3)CC2)cc1. The number of amides is 1. The number of aryl methyl sites for hydroxylation is 1. The van der Waals surface area contributed by atoms with Crippen LogP contribution in [-0.2, 0) is 16.6 Å². The van der Waals surface area contributed by atoms with Crippen molar-refractivity contribution in [1.82, 2.24) is 20.0 Å². The molecule has 4 rings (SSSR count). The molecule has 2 aromatic heterocycles. The van der Waals surface area contributed by atoms with Gasteiger partial charge < -0.3 is 14.2 Å². The van der Waals surface area contributed by atoms with E-state index in [1.165, 1.54) is 0 Å². The van der Waals surface area contributed by atoms with Gasteiger partial charge in [0.2, 0.25) is 5.91 Å². The number of methoxy groups -OCH3 is 1. The zero-order chi connectivity index (χ0) is 23.6. The van der Waals surface area contributed by atoms with Crippen LogP contribution in [0.15, 0.2) is 41.1 Å². The number of aromatic nitrogens is 3. The van der Waals surface area contributed by atoms with Crippen molar-refractivity contribution in [2.45, 2.75) is 58.3 Å². The normalized spacial score (nSPS) is 15.0. The van der Waals surface area contributed by atoms with Gasteiger partial charge >= 0.3 is 0 Å². The van der Waals surface area contributed by atoms with Crippen LogP contribution in [0.3, 0.4) is 0 Å². The first-order chi connectivity index (χ1) is 15.7. The third-order valence-electron chi connectivity index (χ3n) is 6.13. The van der Waals surface area contributed by atoms with Crippen LogP contribution in [0.2, 0.25) is 0 Å². The third kappa shape index (κ3) is 5.24.